The minimum atomic E-state index is -3.65. The van der Waals surface area contributed by atoms with E-state index < -0.39 is 10.0 Å². The predicted molar refractivity (Wildman–Crippen MR) is 78.7 cm³/mol. The molecule has 2 N–H and O–H groups in total. The van der Waals surface area contributed by atoms with Crippen molar-refractivity contribution in [2.45, 2.75) is 11.4 Å². The molecule has 1 unspecified atom stereocenters. The molecule has 0 spiro atoms. The van der Waals surface area contributed by atoms with Gasteiger partial charge in [0.25, 0.3) is 10.0 Å². The molecule has 2 aromatic rings. The van der Waals surface area contributed by atoms with E-state index in [-0.39, 0.29) is 17.6 Å². The molecule has 1 saturated heterocycles. The number of rotatable bonds is 4. The molecule has 1 aliphatic heterocycles. The lowest BCUT2D eigenvalue weighted by Crippen LogP contribution is -2.30. The van der Waals surface area contributed by atoms with E-state index in [1.165, 1.54) is 4.31 Å². The highest BCUT2D eigenvalue weighted by atomic mass is 32.2. The summed E-state index contributed by atoms with van der Waals surface area (Å²) in [6.45, 7) is 0.789. The second-order valence-electron chi connectivity index (χ2n) is 5.14. The zero-order chi connectivity index (χ0) is 15.0. The van der Waals surface area contributed by atoms with E-state index in [1.54, 1.807) is 29.8 Å². The molecule has 3 heterocycles. The van der Waals surface area contributed by atoms with Crippen molar-refractivity contribution in [2.75, 3.05) is 32.1 Å². The highest BCUT2D eigenvalue weighted by Gasteiger charge is 2.36. The first kappa shape index (κ1) is 14.3. The van der Waals surface area contributed by atoms with Crippen molar-refractivity contribution < 1.29 is 13.5 Å². The lowest BCUT2D eigenvalue weighted by atomic mass is 10.1. The topological polar surface area (TPSA) is 86.9 Å². The summed E-state index contributed by atoms with van der Waals surface area (Å²) in [4.78, 5) is 4.30. The highest BCUT2D eigenvalue weighted by molar-refractivity contribution is 7.89. The summed E-state index contributed by atoms with van der Waals surface area (Å²) < 4.78 is 28.8. The van der Waals surface area contributed by atoms with Gasteiger partial charge in [-0.15, -0.1) is 0 Å². The number of fused-ring (bicyclic) bond motifs is 1. The molecule has 0 aromatic carbocycles. The highest BCUT2D eigenvalue weighted by Crippen LogP contribution is 2.29. The third-order valence-electron chi connectivity index (χ3n) is 3.81. The molecule has 0 radical (unpaired) electrons. The number of aliphatic hydroxyl groups excluding tert-OH is 1. The molecule has 1 atom stereocenters. The summed E-state index contributed by atoms with van der Waals surface area (Å²) in [6, 6.07) is 5.35. The van der Waals surface area contributed by atoms with Gasteiger partial charge < -0.3 is 10.4 Å². The summed E-state index contributed by atoms with van der Waals surface area (Å²) in [5.74, 6) is 0.352. The second-order valence-corrected chi connectivity index (χ2v) is 7.00. The van der Waals surface area contributed by atoms with Crippen LogP contribution in [0.4, 0.5) is 5.82 Å². The lowest BCUT2D eigenvalue weighted by molar-refractivity contribution is 0.233. The van der Waals surface area contributed by atoms with Crippen molar-refractivity contribution in [1.29, 1.82) is 0 Å². The molecule has 114 valence electrons. The molecule has 0 amide bonds. The van der Waals surface area contributed by atoms with E-state index in [2.05, 4.69) is 10.3 Å². The summed E-state index contributed by atoms with van der Waals surface area (Å²) in [5.41, 5.74) is 0.582. The van der Waals surface area contributed by atoms with Gasteiger partial charge in [-0.25, -0.2) is 13.4 Å². The third kappa shape index (κ3) is 2.29. The van der Waals surface area contributed by atoms with Crippen molar-refractivity contribution in [1.82, 2.24) is 13.7 Å². The predicted octanol–water partition coefficient (Wildman–Crippen LogP) is 0.379. The number of nitrogens with zero attached hydrogens (tertiary/aromatic N) is 3. The van der Waals surface area contributed by atoms with Crippen molar-refractivity contribution in [3.8, 4) is 0 Å². The average molecular weight is 310 g/mol. The molecule has 0 aliphatic carbocycles. The van der Waals surface area contributed by atoms with Crippen molar-refractivity contribution in [3.05, 3.63) is 24.4 Å². The van der Waals surface area contributed by atoms with Crippen LogP contribution in [0.25, 0.3) is 5.65 Å². The van der Waals surface area contributed by atoms with Gasteiger partial charge in [0.1, 0.15) is 5.65 Å². The van der Waals surface area contributed by atoms with Crippen LogP contribution in [0.3, 0.4) is 0 Å². The monoisotopic (exact) mass is 310 g/mol. The zero-order valence-electron chi connectivity index (χ0n) is 11.7. The van der Waals surface area contributed by atoms with Crippen molar-refractivity contribution in [2.24, 2.45) is 5.92 Å². The molecule has 1 aliphatic rings. The summed E-state index contributed by atoms with van der Waals surface area (Å²) in [6.07, 6.45) is 2.37. The van der Waals surface area contributed by atoms with Gasteiger partial charge in [0.05, 0.1) is 0 Å². The van der Waals surface area contributed by atoms with Gasteiger partial charge in [0, 0.05) is 32.9 Å². The largest absolute Gasteiger partial charge is 0.396 e. The maximum atomic E-state index is 12.9. The molecule has 8 heteroatoms. The Morgan fingerprint density at radius 2 is 2.29 bits per heavy atom. The van der Waals surface area contributed by atoms with Gasteiger partial charge in [0.15, 0.2) is 10.8 Å². The molecule has 0 bridgehead atoms. The zero-order valence-corrected chi connectivity index (χ0v) is 12.5. The first-order chi connectivity index (χ1) is 10.1. The molecule has 7 nitrogen and oxygen atoms in total. The number of nitrogens with one attached hydrogen (secondary N) is 1. The Morgan fingerprint density at radius 1 is 1.48 bits per heavy atom. The van der Waals surface area contributed by atoms with E-state index in [0.717, 1.165) is 0 Å². The number of imidazole rings is 1. The van der Waals surface area contributed by atoms with Gasteiger partial charge in [-0.1, -0.05) is 6.07 Å². The minimum Gasteiger partial charge on any atom is -0.396 e. The van der Waals surface area contributed by atoms with Crippen LogP contribution < -0.4 is 5.32 Å². The van der Waals surface area contributed by atoms with Crippen LogP contribution in [-0.2, 0) is 10.0 Å². The summed E-state index contributed by atoms with van der Waals surface area (Å²) >= 11 is 0. The molecule has 21 heavy (non-hydrogen) atoms. The first-order valence-corrected chi connectivity index (χ1v) is 8.27. The average Bonchev–Trinajstić information content (AvgIpc) is 3.11. The Labute approximate surface area is 123 Å². The molecular formula is C13H18N4O3S. The number of aliphatic hydroxyl groups is 1. The van der Waals surface area contributed by atoms with E-state index in [0.29, 0.717) is 31.0 Å². The third-order valence-corrected chi connectivity index (χ3v) is 5.70. The van der Waals surface area contributed by atoms with E-state index in [4.69, 9.17) is 0 Å². The fourth-order valence-corrected chi connectivity index (χ4v) is 4.46. The van der Waals surface area contributed by atoms with E-state index >= 15 is 0 Å². The Balaban J connectivity index is 2.10. The van der Waals surface area contributed by atoms with Crippen LogP contribution in [-0.4, -0.2) is 54.0 Å². The number of hydrogen-bond acceptors (Lipinski definition) is 5. The SMILES string of the molecule is CNc1nc2ccccn2c1S(=O)(=O)N1CCC(CO)C1. The van der Waals surface area contributed by atoms with Crippen LogP contribution in [0.1, 0.15) is 6.42 Å². The van der Waals surface area contributed by atoms with Crippen LogP contribution in [0, 0.1) is 5.92 Å². The van der Waals surface area contributed by atoms with Crippen LogP contribution >= 0.6 is 0 Å². The Hall–Kier alpha value is -1.64. The van der Waals surface area contributed by atoms with Gasteiger partial charge in [-0.3, -0.25) is 4.40 Å². The Morgan fingerprint density at radius 3 is 2.95 bits per heavy atom. The minimum absolute atomic E-state index is 0.0111. The number of pyridine rings is 1. The number of hydrogen-bond donors (Lipinski definition) is 2. The van der Waals surface area contributed by atoms with Crippen LogP contribution in [0.15, 0.2) is 29.4 Å². The fraction of sp³-hybridized carbons (Fsp3) is 0.462. The standard InChI is InChI=1S/C13H18N4O3S/c1-14-12-13(17-6-3-2-4-11(17)15-12)21(19,20)16-7-5-10(8-16)9-18/h2-4,6,10,14,18H,5,7-9H2,1H3. The Kier molecular flexibility index (Phi) is 3.60. The molecule has 1 fully saturated rings. The maximum Gasteiger partial charge on any atom is 0.262 e. The number of aromatic nitrogens is 2. The summed E-state index contributed by atoms with van der Waals surface area (Å²) in [7, 11) is -1.99. The smallest absolute Gasteiger partial charge is 0.262 e. The fourth-order valence-electron chi connectivity index (χ4n) is 2.67. The molecule has 3 rings (SSSR count). The second kappa shape index (κ2) is 5.28. The summed E-state index contributed by atoms with van der Waals surface area (Å²) in [5, 5.41) is 12.2. The lowest BCUT2D eigenvalue weighted by Gasteiger charge is -2.16. The maximum absolute atomic E-state index is 12.9. The molecule has 2 aromatic heterocycles. The van der Waals surface area contributed by atoms with E-state index in [9.17, 15) is 13.5 Å². The van der Waals surface area contributed by atoms with Gasteiger partial charge >= 0.3 is 0 Å². The van der Waals surface area contributed by atoms with E-state index in [1.807, 2.05) is 6.07 Å². The molecule has 0 saturated carbocycles. The van der Waals surface area contributed by atoms with Crippen LogP contribution in [0.2, 0.25) is 0 Å². The molecular weight excluding hydrogens is 292 g/mol. The number of anilines is 1. The van der Waals surface area contributed by atoms with Crippen LogP contribution in [0.5, 0.6) is 0 Å². The normalized spacial score (nSPS) is 20.2. The Bertz CT molecular complexity index is 756. The number of sulfonamides is 1. The van der Waals surface area contributed by atoms with Gasteiger partial charge in [0.2, 0.25) is 0 Å². The van der Waals surface area contributed by atoms with Gasteiger partial charge in [-0.2, -0.15) is 4.31 Å². The van der Waals surface area contributed by atoms with Crippen molar-refractivity contribution in [3.63, 3.8) is 0 Å². The van der Waals surface area contributed by atoms with Gasteiger partial charge in [-0.05, 0) is 24.5 Å². The van der Waals surface area contributed by atoms with Crippen molar-refractivity contribution >= 4 is 21.5 Å². The quantitative estimate of drug-likeness (QED) is 0.852. The first-order valence-electron chi connectivity index (χ1n) is 6.83.